The van der Waals surface area contributed by atoms with Crippen molar-refractivity contribution >= 4 is 32.5 Å². The molecule has 0 N–H and O–H groups in total. The third-order valence-electron chi connectivity index (χ3n) is 3.72. The highest BCUT2D eigenvalue weighted by atomic mass is 35.5. The van der Waals surface area contributed by atoms with Gasteiger partial charge in [0, 0.05) is 16.7 Å². The van der Waals surface area contributed by atoms with Crippen molar-refractivity contribution < 1.29 is 35.4 Å². The number of methoxy groups -OCH3 is 1. The van der Waals surface area contributed by atoms with Gasteiger partial charge in [-0.1, -0.05) is 29.8 Å². The number of pyridine rings is 1. The van der Waals surface area contributed by atoms with Gasteiger partial charge in [0.05, 0.1) is 12.5 Å². The Kier molecular flexibility index (Phi) is 6.53. The molecule has 0 saturated carbocycles. The average molecular weight is 434 g/mol. The molecule has 2 aromatic carbocycles. The molecule has 0 aliphatic carbocycles. The number of fused-ring (bicyclic) bond motifs is 1. The number of alkyl halides is 3. The molecule has 150 valence electrons. The van der Waals surface area contributed by atoms with E-state index >= 15 is 0 Å². The predicted molar refractivity (Wildman–Crippen MR) is 97.9 cm³/mol. The van der Waals surface area contributed by atoms with Gasteiger partial charge in [-0.25, -0.2) is 13.0 Å². The number of halogens is 4. The molecule has 0 bridgehead atoms. The third-order valence-corrected chi connectivity index (χ3v) is 4.52. The number of ether oxygens (including phenoxy) is 1. The summed E-state index contributed by atoms with van der Waals surface area (Å²) in [6.45, 7) is 0. The van der Waals surface area contributed by atoms with Crippen molar-refractivity contribution in [1.29, 1.82) is 0 Å². The first kappa shape index (κ1) is 21.9. The van der Waals surface area contributed by atoms with Gasteiger partial charge < -0.3 is 9.29 Å². The fourth-order valence-corrected chi connectivity index (χ4v) is 2.64. The van der Waals surface area contributed by atoms with Crippen LogP contribution in [0, 0.1) is 0 Å². The second kappa shape index (κ2) is 8.34. The molecule has 0 aliphatic rings. The molecular formula is C18H15ClF3NO4S. The largest absolute Gasteiger partial charge is 0.741 e. The van der Waals surface area contributed by atoms with E-state index in [0.29, 0.717) is 0 Å². The molecule has 3 rings (SSSR count). The van der Waals surface area contributed by atoms with Crippen molar-refractivity contribution in [3.8, 4) is 17.0 Å². The van der Waals surface area contributed by atoms with Gasteiger partial charge in [0.25, 0.3) is 0 Å². The number of aryl methyl sites for hydroxylation is 1. The molecule has 1 heterocycles. The van der Waals surface area contributed by atoms with Crippen molar-refractivity contribution in [3.05, 3.63) is 59.8 Å². The molecule has 1 aromatic heterocycles. The summed E-state index contributed by atoms with van der Waals surface area (Å²) in [6, 6.07) is 16.1. The molecule has 0 saturated heterocycles. The van der Waals surface area contributed by atoms with Crippen LogP contribution in [0.25, 0.3) is 22.0 Å². The van der Waals surface area contributed by atoms with Crippen LogP contribution in [0.1, 0.15) is 0 Å². The second-order valence-corrected chi connectivity index (χ2v) is 7.45. The van der Waals surface area contributed by atoms with Gasteiger partial charge in [0.2, 0.25) is 5.69 Å². The topological polar surface area (TPSA) is 70.3 Å². The van der Waals surface area contributed by atoms with Crippen molar-refractivity contribution in [2.75, 3.05) is 7.11 Å². The summed E-state index contributed by atoms with van der Waals surface area (Å²) >= 11 is 6.08. The minimum atomic E-state index is -6.09. The van der Waals surface area contributed by atoms with Gasteiger partial charge in [0.1, 0.15) is 12.8 Å². The van der Waals surface area contributed by atoms with Crippen LogP contribution in [-0.4, -0.2) is 25.6 Å². The zero-order valence-corrected chi connectivity index (χ0v) is 16.3. The fourth-order valence-electron chi connectivity index (χ4n) is 2.45. The molecule has 0 spiro atoms. The van der Waals surface area contributed by atoms with Gasteiger partial charge >= 0.3 is 5.51 Å². The van der Waals surface area contributed by atoms with Crippen LogP contribution < -0.4 is 9.30 Å². The normalized spacial score (nSPS) is 11.7. The lowest BCUT2D eigenvalue weighted by atomic mass is 10.1. The molecule has 10 heteroatoms. The molecule has 0 amide bonds. The summed E-state index contributed by atoms with van der Waals surface area (Å²) in [5.74, 6) is 0.885. The molecular weight excluding hydrogens is 419 g/mol. The van der Waals surface area contributed by atoms with Gasteiger partial charge in [-0.3, -0.25) is 0 Å². The summed E-state index contributed by atoms with van der Waals surface area (Å²) in [6.07, 6.45) is 2.09. The zero-order chi connectivity index (χ0) is 21.1. The van der Waals surface area contributed by atoms with Crippen LogP contribution in [0.4, 0.5) is 13.2 Å². The maximum atomic E-state index is 10.7. The third kappa shape index (κ3) is 5.12. The quantitative estimate of drug-likeness (QED) is 0.347. The Hall–Kier alpha value is -2.36. The maximum Gasteiger partial charge on any atom is 0.485 e. The van der Waals surface area contributed by atoms with Gasteiger partial charge in [-0.2, -0.15) is 13.2 Å². The highest BCUT2D eigenvalue weighted by Gasteiger charge is 2.36. The number of hydrogen-bond donors (Lipinski definition) is 0. The van der Waals surface area contributed by atoms with E-state index in [9.17, 15) is 13.2 Å². The van der Waals surface area contributed by atoms with E-state index in [1.54, 1.807) is 7.11 Å². The lowest BCUT2D eigenvalue weighted by Gasteiger charge is -2.08. The standard InChI is InChI=1S/C17H15ClNO.CHF3O3S/c1-19-11-15-12(5-4-8-17(15)20-2)10-16(19)13-6-3-7-14(18)9-13;2-1(3,4)8(5,6)7/h3-11H,1-2H3;(H,5,6,7)/q+1;/p-1. The lowest BCUT2D eigenvalue weighted by molar-refractivity contribution is -0.659. The van der Waals surface area contributed by atoms with E-state index in [1.165, 1.54) is 0 Å². The molecule has 28 heavy (non-hydrogen) atoms. The van der Waals surface area contributed by atoms with E-state index in [2.05, 4.69) is 29.0 Å². The zero-order valence-electron chi connectivity index (χ0n) is 14.7. The van der Waals surface area contributed by atoms with E-state index in [1.807, 2.05) is 37.4 Å². The summed E-state index contributed by atoms with van der Waals surface area (Å²) in [4.78, 5) is 0. The fraction of sp³-hybridized carbons (Fsp3) is 0.167. The summed E-state index contributed by atoms with van der Waals surface area (Å²) in [7, 11) is -2.37. The lowest BCUT2D eigenvalue weighted by Crippen LogP contribution is -2.30. The van der Waals surface area contributed by atoms with Crippen molar-refractivity contribution in [2.45, 2.75) is 5.51 Å². The first-order chi connectivity index (χ1) is 12.9. The Morgan fingerprint density at radius 1 is 1.11 bits per heavy atom. The highest BCUT2D eigenvalue weighted by Crippen LogP contribution is 2.28. The second-order valence-electron chi connectivity index (χ2n) is 5.64. The van der Waals surface area contributed by atoms with E-state index in [-0.39, 0.29) is 0 Å². The molecule has 0 fully saturated rings. The van der Waals surface area contributed by atoms with E-state index < -0.39 is 15.6 Å². The van der Waals surface area contributed by atoms with Crippen molar-refractivity contribution in [2.24, 2.45) is 7.05 Å². The van der Waals surface area contributed by atoms with E-state index in [4.69, 9.17) is 29.3 Å². The first-order valence-electron chi connectivity index (χ1n) is 7.68. The Bertz CT molecular complexity index is 1100. The molecule has 0 radical (unpaired) electrons. The molecule has 5 nitrogen and oxygen atoms in total. The van der Waals surface area contributed by atoms with Crippen molar-refractivity contribution in [3.63, 3.8) is 0 Å². The van der Waals surface area contributed by atoms with Gasteiger partial charge in [-0.05, 0) is 29.7 Å². The van der Waals surface area contributed by atoms with Crippen molar-refractivity contribution in [1.82, 2.24) is 0 Å². The molecule has 0 atom stereocenters. The average Bonchev–Trinajstić information content (AvgIpc) is 2.59. The first-order valence-corrected chi connectivity index (χ1v) is 9.47. The number of rotatable bonds is 2. The van der Waals surface area contributed by atoms with Crippen LogP contribution in [0.3, 0.4) is 0 Å². The number of hydrogen-bond acceptors (Lipinski definition) is 4. The van der Waals surface area contributed by atoms with Crippen LogP contribution in [0.15, 0.2) is 54.7 Å². The highest BCUT2D eigenvalue weighted by molar-refractivity contribution is 7.86. The van der Waals surface area contributed by atoms with Crippen LogP contribution >= 0.6 is 11.6 Å². The number of aromatic nitrogens is 1. The Labute approximate surface area is 164 Å². The maximum absolute atomic E-state index is 10.7. The Morgan fingerprint density at radius 2 is 1.71 bits per heavy atom. The summed E-state index contributed by atoms with van der Waals surface area (Å²) < 4.78 is 66.4. The molecule has 3 aromatic rings. The summed E-state index contributed by atoms with van der Waals surface area (Å²) in [5, 5.41) is 2.99. The monoisotopic (exact) mass is 433 g/mol. The van der Waals surface area contributed by atoms with Crippen LogP contribution in [0.5, 0.6) is 5.75 Å². The Balaban J connectivity index is 0.000000300. The van der Waals surface area contributed by atoms with Gasteiger partial charge in [-0.15, -0.1) is 0 Å². The van der Waals surface area contributed by atoms with Crippen LogP contribution in [0.2, 0.25) is 5.02 Å². The van der Waals surface area contributed by atoms with Crippen LogP contribution in [-0.2, 0) is 17.2 Å². The van der Waals surface area contributed by atoms with Gasteiger partial charge in [0.15, 0.2) is 16.3 Å². The summed E-state index contributed by atoms with van der Waals surface area (Å²) in [5.41, 5.74) is -3.43. The minimum absolute atomic E-state index is 0.744. The number of benzene rings is 2. The van der Waals surface area contributed by atoms with E-state index in [0.717, 1.165) is 32.8 Å². The SMILES string of the molecule is COc1cccc2cc(-c3cccc(Cl)c3)[n+](C)cc12.O=S(=O)([O-])C(F)(F)F. The predicted octanol–water partition coefficient (Wildman–Crippen LogP) is 4.04. The molecule has 0 unspecified atom stereocenters. The smallest absolute Gasteiger partial charge is 0.485 e. The Morgan fingerprint density at radius 3 is 2.25 bits per heavy atom. The minimum Gasteiger partial charge on any atom is -0.741 e. The number of nitrogens with zero attached hydrogens (tertiary/aromatic N) is 1. The molecule has 0 aliphatic heterocycles.